The second-order valence-corrected chi connectivity index (χ2v) is 7.29. The quantitative estimate of drug-likeness (QED) is 0.362. The molecular formula is C25H22. The molecule has 1 aliphatic carbocycles. The first-order valence-corrected chi connectivity index (χ1v) is 9.37. The van der Waals surface area contributed by atoms with Crippen LogP contribution < -0.4 is 0 Å². The molecule has 0 amide bonds. The van der Waals surface area contributed by atoms with Gasteiger partial charge in [0.15, 0.2) is 0 Å². The molecule has 0 heterocycles. The molecule has 0 saturated carbocycles. The Bertz CT molecular complexity index is 1040. The van der Waals surface area contributed by atoms with Crippen LogP contribution in [0.5, 0.6) is 0 Å². The Balaban J connectivity index is 1.65. The van der Waals surface area contributed by atoms with Crippen molar-refractivity contribution in [2.24, 2.45) is 0 Å². The summed E-state index contributed by atoms with van der Waals surface area (Å²) in [6.07, 6.45) is 4.99. The second-order valence-electron chi connectivity index (χ2n) is 7.29. The van der Waals surface area contributed by atoms with Crippen LogP contribution in [-0.2, 0) is 12.8 Å². The van der Waals surface area contributed by atoms with E-state index in [1.807, 2.05) is 0 Å². The second kappa shape index (κ2) is 6.04. The lowest BCUT2D eigenvalue weighted by Crippen LogP contribution is -2.12. The summed E-state index contributed by atoms with van der Waals surface area (Å²) in [5.41, 5.74) is 4.63. The molecule has 122 valence electrons. The summed E-state index contributed by atoms with van der Waals surface area (Å²) in [4.78, 5) is 0. The zero-order chi connectivity index (χ0) is 16.6. The highest BCUT2D eigenvalue weighted by Crippen LogP contribution is 2.39. The molecule has 0 nitrogen and oxygen atoms in total. The minimum atomic E-state index is 0.655. The Morgan fingerprint density at radius 2 is 1.48 bits per heavy atom. The molecule has 4 aromatic rings. The van der Waals surface area contributed by atoms with Crippen LogP contribution in [0.25, 0.3) is 21.5 Å². The Hall–Kier alpha value is -2.60. The number of aryl methyl sites for hydroxylation is 1. The lowest BCUT2D eigenvalue weighted by Gasteiger charge is -2.27. The molecule has 1 atom stereocenters. The summed E-state index contributed by atoms with van der Waals surface area (Å²) >= 11 is 0. The third-order valence-corrected chi connectivity index (χ3v) is 5.82. The van der Waals surface area contributed by atoms with Crippen LogP contribution in [-0.4, -0.2) is 0 Å². The molecule has 0 N–H and O–H groups in total. The van der Waals surface area contributed by atoms with Gasteiger partial charge in [-0.05, 0) is 69.8 Å². The van der Waals surface area contributed by atoms with Gasteiger partial charge in [0, 0.05) is 0 Å². The monoisotopic (exact) mass is 322 g/mol. The van der Waals surface area contributed by atoms with Crippen LogP contribution in [0.3, 0.4) is 0 Å². The van der Waals surface area contributed by atoms with E-state index in [2.05, 4.69) is 78.9 Å². The van der Waals surface area contributed by atoms with E-state index < -0.39 is 0 Å². The van der Waals surface area contributed by atoms with Crippen LogP contribution >= 0.6 is 0 Å². The van der Waals surface area contributed by atoms with Crippen LogP contribution in [0.4, 0.5) is 0 Å². The van der Waals surface area contributed by atoms with Gasteiger partial charge in [0.25, 0.3) is 0 Å². The van der Waals surface area contributed by atoms with Gasteiger partial charge in [0.2, 0.25) is 0 Å². The zero-order valence-corrected chi connectivity index (χ0v) is 14.4. The summed E-state index contributed by atoms with van der Waals surface area (Å²) < 4.78 is 0. The van der Waals surface area contributed by atoms with Crippen molar-refractivity contribution in [3.8, 4) is 0 Å². The molecule has 1 unspecified atom stereocenters. The minimum absolute atomic E-state index is 0.655. The Morgan fingerprint density at radius 1 is 0.680 bits per heavy atom. The molecular weight excluding hydrogens is 300 g/mol. The first-order chi connectivity index (χ1) is 12.4. The lowest BCUT2D eigenvalue weighted by atomic mass is 9.77. The maximum Gasteiger partial charge on any atom is -0.0102 e. The van der Waals surface area contributed by atoms with Gasteiger partial charge in [-0.1, -0.05) is 78.9 Å². The molecule has 0 spiro atoms. The van der Waals surface area contributed by atoms with Crippen LogP contribution in [0, 0.1) is 0 Å². The van der Waals surface area contributed by atoms with E-state index in [0.29, 0.717) is 5.92 Å². The van der Waals surface area contributed by atoms with E-state index in [9.17, 15) is 0 Å². The molecule has 0 aromatic heterocycles. The van der Waals surface area contributed by atoms with Crippen molar-refractivity contribution in [3.63, 3.8) is 0 Å². The molecule has 4 aromatic carbocycles. The topological polar surface area (TPSA) is 0 Å². The maximum absolute atomic E-state index is 2.41. The standard InChI is InChI=1S/C25H22/c1-2-7-18(8-3-1)17-20-10-6-12-23-22(20)15-16-24-21-11-5-4-9-19(21)13-14-25(23)24/h1-5,7-9,11,13-16,20H,6,10,12,17H2. The van der Waals surface area contributed by atoms with E-state index in [-0.39, 0.29) is 0 Å². The van der Waals surface area contributed by atoms with Crippen molar-refractivity contribution in [1.29, 1.82) is 0 Å². The third kappa shape index (κ3) is 2.53. The SMILES string of the molecule is c1ccc(CC2CCCc3c2ccc2c3ccc3ccccc32)cc1. The van der Waals surface area contributed by atoms with Gasteiger partial charge < -0.3 is 0 Å². The largest absolute Gasteiger partial charge is 0.0622 e. The molecule has 0 bridgehead atoms. The third-order valence-electron chi connectivity index (χ3n) is 5.82. The Morgan fingerprint density at radius 3 is 2.40 bits per heavy atom. The van der Waals surface area contributed by atoms with Crippen molar-refractivity contribution in [2.75, 3.05) is 0 Å². The van der Waals surface area contributed by atoms with Gasteiger partial charge in [-0.2, -0.15) is 0 Å². The van der Waals surface area contributed by atoms with Crippen LogP contribution in [0.1, 0.15) is 35.4 Å². The molecule has 0 aliphatic heterocycles. The number of rotatable bonds is 2. The number of hydrogen-bond donors (Lipinski definition) is 0. The van der Waals surface area contributed by atoms with E-state index in [1.54, 1.807) is 11.1 Å². The normalized spacial score (nSPS) is 16.9. The highest BCUT2D eigenvalue weighted by molar-refractivity contribution is 6.08. The summed E-state index contributed by atoms with van der Waals surface area (Å²) in [5.74, 6) is 0.655. The maximum atomic E-state index is 2.41. The molecule has 0 radical (unpaired) electrons. The molecule has 5 rings (SSSR count). The molecule has 0 fully saturated rings. The van der Waals surface area contributed by atoms with Gasteiger partial charge in [0.1, 0.15) is 0 Å². The van der Waals surface area contributed by atoms with Gasteiger partial charge in [-0.3, -0.25) is 0 Å². The zero-order valence-electron chi connectivity index (χ0n) is 14.4. The molecule has 0 saturated heterocycles. The first-order valence-electron chi connectivity index (χ1n) is 9.37. The van der Waals surface area contributed by atoms with Gasteiger partial charge in [-0.15, -0.1) is 0 Å². The fraction of sp³-hybridized carbons (Fsp3) is 0.200. The van der Waals surface area contributed by atoms with Crippen molar-refractivity contribution < 1.29 is 0 Å². The predicted octanol–water partition coefficient (Wildman–Crippen LogP) is 6.66. The summed E-state index contributed by atoms with van der Waals surface area (Å²) in [7, 11) is 0. The van der Waals surface area contributed by atoms with Crippen molar-refractivity contribution in [1.82, 2.24) is 0 Å². The number of hydrogen-bond acceptors (Lipinski definition) is 0. The highest BCUT2D eigenvalue weighted by atomic mass is 14.3. The van der Waals surface area contributed by atoms with E-state index in [4.69, 9.17) is 0 Å². The molecule has 0 heteroatoms. The van der Waals surface area contributed by atoms with E-state index in [0.717, 1.165) is 6.42 Å². The first kappa shape index (κ1) is 14.7. The van der Waals surface area contributed by atoms with E-state index in [1.165, 1.54) is 46.4 Å². The van der Waals surface area contributed by atoms with E-state index >= 15 is 0 Å². The summed E-state index contributed by atoms with van der Waals surface area (Å²) in [5, 5.41) is 5.60. The fourth-order valence-electron chi connectivity index (χ4n) is 4.62. The molecule has 1 aliphatic rings. The average Bonchev–Trinajstić information content (AvgIpc) is 2.68. The minimum Gasteiger partial charge on any atom is -0.0622 e. The van der Waals surface area contributed by atoms with Crippen LogP contribution in [0.2, 0.25) is 0 Å². The lowest BCUT2D eigenvalue weighted by molar-refractivity contribution is 0.553. The van der Waals surface area contributed by atoms with Gasteiger partial charge >= 0.3 is 0 Å². The Labute approximate surface area is 149 Å². The Kier molecular flexibility index (Phi) is 3.56. The van der Waals surface area contributed by atoms with Crippen molar-refractivity contribution in [3.05, 3.63) is 95.6 Å². The van der Waals surface area contributed by atoms with Gasteiger partial charge in [-0.25, -0.2) is 0 Å². The summed E-state index contributed by atoms with van der Waals surface area (Å²) in [6.45, 7) is 0. The summed E-state index contributed by atoms with van der Waals surface area (Å²) in [6, 6.07) is 29.1. The molecule has 25 heavy (non-hydrogen) atoms. The average molecular weight is 322 g/mol. The van der Waals surface area contributed by atoms with Crippen molar-refractivity contribution in [2.45, 2.75) is 31.6 Å². The predicted molar refractivity (Wildman–Crippen MR) is 107 cm³/mol. The smallest absolute Gasteiger partial charge is 0.0102 e. The van der Waals surface area contributed by atoms with Crippen LogP contribution in [0.15, 0.2) is 78.9 Å². The fourth-order valence-corrected chi connectivity index (χ4v) is 4.62. The number of benzene rings is 4. The van der Waals surface area contributed by atoms with Crippen molar-refractivity contribution >= 4 is 21.5 Å². The number of fused-ring (bicyclic) bond motifs is 5. The van der Waals surface area contributed by atoms with Gasteiger partial charge in [0.05, 0.1) is 0 Å². The highest BCUT2D eigenvalue weighted by Gasteiger charge is 2.22.